The number of halogens is 1. The molecule has 3 heteroatoms. The second kappa shape index (κ2) is 6.39. The number of nitrogens with one attached hydrogen (secondary N) is 1. The molecule has 0 aliphatic carbocycles. The molecule has 2 aromatic carbocycles. The van der Waals surface area contributed by atoms with Crippen LogP contribution in [-0.2, 0) is 4.79 Å². The van der Waals surface area contributed by atoms with Crippen LogP contribution >= 0.6 is 11.6 Å². The third-order valence-electron chi connectivity index (χ3n) is 3.12. The van der Waals surface area contributed by atoms with Gasteiger partial charge in [0.1, 0.15) is 0 Å². The number of hydrogen-bond donors (Lipinski definition) is 1. The summed E-state index contributed by atoms with van der Waals surface area (Å²) in [7, 11) is 1.66. The van der Waals surface area contributed by atoms with Gasteiger partial charge in [0.15, 0.2) is 0 Å². The van der Waals surface area contributed by atoms with E-state index in [1.54, 1.807) is 7.05 Å². The second-order valence-electron chi connectivity index (χ2n) is 4.40. The molecule has 0 aromatic heterocycles. The third kappa shape index (κ3) is 3.58. The van der Waals surface area contributed by atoms with Gasteiger partial charge in [0.2, 0.25) is 5.91 Å². The summed E-state index contributed by atoms with van der Waals surface area (Å²) >= 11 is 6.05. The molecule has 0 saturated carbocycles. The Hall–Kier alpha value is -1.80. The Morgan fingerprint density at radius 2 is 1.79 bits per heavy atom. The van der Waals surface area contributed by atoms with Gasteiger partial charge in [0.25, 0.3) is 0 Å². The lowest BCUT2D eigenvalue weighted by Gasteiger charge is -2.17. The highest BCUT2D eigenvalue weighted by Crippen LogP contribution is 2.29. The Labute approximate surface area is 118 Å². The van der Waals surface area contributed by atoms with E-state index in [2.05, 4.69) is 5.32 Å². The Morgan fingerprint density at radius 1 is 1.11 bits per heavy atom. The van der Waals surface area contributed by atoms with E-state index in [-0.39, 0.29) is 11.8 Å². The number of hydrogen-bond acceptors (Lipinski definition) is 1. The van der Waals surface area contributed by atoms with Crippen LogP contribution in [0.25, 0.3) is 0 Å². The van der Waals surface area contributed by atoms with Gasteiger partial charge in [-0.2, -0.15) is 0 Å². The Morgan fingerprint density at radius 3 is 2.42 bits per heavy atom. The average molecular weight is 274 g/mol. The SMILES string of the molecule is CNC(=O)CC(c1ccccc1)c1cccc(Cl)c1. The van der Waals surface area contributed by atoms with Crippen LogP contribution in [0.1, 0.15) is 23.5 Å². The average Bonchev–Trinajstić information content (AvgIpc) is 2.45. The number of amides is 1. The van der Waals surface area contributed by atoms with Crippen molar-refractivity contribution in [2.45, 2.75) is 12.3 Å². The standard InChI is InChI=1S/C16H16ClNO/c1-18-16(19)11-15(12-6-3-2-4-7-12)13-8-5-9-14(17)10-13/h2-10,15H,11H2,1H3,(H,18,19). The molecule has 1 atom stereocenters. The first kappa shape index (κ1) is 13.6. The van der Waals surface area contributed by atoms with E-state index in [4.69, 9.17) is 11.6 Å². The van der Waals surface area contributed by atoms with Gasteiger partial charge in [0, 0.05) is 24.4 Å². The minimum atomic E-state index is 0.0221. The molecule has 0 aliphatic heterocycles. The van der Waals surface area contributed by atoms with E-state index in [0.717, 1.165) is 11.1 Å². The van der Waals surface area contributed by atoms with Crippen molar-refractivity contribution in [2.24, 2.45) is 0 Å². The Balaban J connectivity index is 2.37. The molecule has 0 bridgehead atoms. The third-order valence-corrected chi connectivity index (χ3v) is 3.36. The van der Waals surface area contributed by atoms with Crippen molar-refractivity contribution >= 4 is 17.5 Å². The zero-order valence-corrected chi connectivity index (χ0v) is 11.5. The van der Waals surface area contributed by atoms with Crippen LogP contribution in [0.2, 0.25) is 5.02 Å². The molecule has 0 heterocycles. The zero-order valence-electron chi connectivity index (χ0n) is 10.8. The first-order valence-electron chi connectivity index (χ1n) is 6.21. The fourth-order valence-corrected chi connectivity index (χ4v) is 2.32. The van der Waals surface area contributed by atoms with E-state index in [1.165, 1.54) is 0 Å². The normalized spacial score (nSPS) is 11.9. The number of carbonyl (C=O) groups is 1. The summed E-state index contributed by atoms with van der Waals surface area (Å²) in [4.78, 5) is 11.7. The predicted molar refractivity (Wildman–Crippen MR) is 78.4 cm³/mol. The maximum Gasteiger partial charge on any atom is 0.220 e. The first-order chi connectivity index (χ1) is 9.20. The largest absolute Gasteiger partial charge is 0.359 e. The molecule has 0 saturated heterocycles. The lowest BCUT2D eigenvalue weighted by molar-refractivity contribution is -0.120. The Bertz CT molecular complexity index is 554. The van der Waals surface area contributed by atoms with Crippen LogP contribution in [0.4, 0.5) is 0 Å². The molecule has 2 aromatic rings. The smallest absolute Gasteiger partial charge is 0.220 e. The molecule has 0 aliphatic rings. The molecule has 0 spiro atoms. The fourth-order valence-electron chi connectivity index (χ4n) is 2.12. The van der Waals surface area contributed by atoms with Crippen molar-refractivity contribution in [3.63, 3.8) is 0 Å². The van der Waals surface area contributed by atoms with Crippen LogP contribution in [0, 0.1) is 0 Å². The summed E-state index contributed by atoms with van der Waals surface area (Å²) in [6.07, 6.45) is 0.418. The summed E-state index contributed by atoms with van der Waals surface area (Å²) in [5, 5.41) is 3.37. The summed E-state index contributed by atoms with van der Waals surface area (Å²) in [5.74, 6) is 0.0497. The maximum absolute atomic E-state index is 11.7. The number of carbonyl (C=O) groups excluding carboxylic acids is 1. The molecule has 98 valence electrons. The van der Waals surface area contributed by atoms with Crippen LogP contribution < -0.4 is 5.32 Å². The molecule has 19 heavy (non-hydrogen) atoms. The summed E-state index contributed by atoms with van der Waals surface area (Å²) < 4.78 is 0. The molecular formula is C16H16ClNO. The number of benzene rings is 2. The molecule has 2 nitrogen and oxygen atoms in total. The maximum atomic E-state index is 11.7. The zero-order chi connectivity index (χ0) is 13.7. The quantitative estimate of drug-likeness (QED) is 0.906. The highest BCUT2D eigenvalue weighted by Gasteiger charge is 2.17. The highest BCUT2D eigenvalue weighted by atomic mass is 35.5. The van der Waals surface area contributed by atoms with Gasteiger partial charge >= 0.3 is 0 Å². The van der Waals surface area contributed by atoms with Crippen LogP contribution in [0.3, 0.4) is 0 Å². The van der Waals surface area contributed by atoms with Crippen LogP contribution in [0.5, 0.6) is 0 Å². The summed E-state index contributed by atoms with van der Waals surface area (Å²) in [5.41, 5.74) is 2.18. The van der Waals surface area contributed by atoms with Gasteiger partial charge in [-0.3, -0.25) is 4.79 Å². The summed E-state index contributed by atoms with van der Waals surface area (Å²) in [6, 6.07) is 17.7. The molecule has 1 unspecified atom stereocenters. The van der Waals surface area contributed by atoms with Crippen molar-refractivity contribution in [1.82, 2.24) is 5.32 Å². The predicted octanol–water partition coefficient (Wildman–Crippen LogP) is 3.61. The minimum Gasteiger partial charge on any atom is -0.359 e. The summed E-state index contributed by atoms with van der Waals surface area (Å²) in [6.45, 7) is 0. The van der Waals surface area contributed by atoms with Gasteiger partial charge < -0.3 is 5.32 Å². The van der Waals surface area contributed by atoms with Crippen molar-refractivity contribution in [3.8, 4) is 0 Å². The van der Waals surface area contributed by atoms with Crippen molar-refractivity contribution in [3.05, 3.63) is 70.7 Å². The van der Waals surface area contributed by atoms with Gasteiger partial charge in [-0.1, -0.05) is 54.1 Å². The minimum absolute atomic E-state index is 0.0221. The highest BCUT2D eigenvalue weighted by molar-refractivity contribution is 6.30. The van der Waals surface area contributed by atoms with E-state index < -0.39 is 0 Å². The van der Waals surface area contributed by atoms with Gasteiger partial charge in [-0.25, -0.2) is 0 Å². The lowest BCUT2D eigenvalue weighted by Crippen LogP contribution is -2.21. The van der Waals surface area contributed by atoms with Crippen LogP contribution in [-0.4, -0.2) is 13.0 Å². The van der Waals surface area contributed by atoms with Gasteiger partial charge in [-0.05, 0) is 23.3 Å². The monoisotopic (exact) mass is 273 g/mol. The topological polar surface area (TPSA) is 29.1 Å². The molecule has 2 rings (SSSR count). The first-order valence-corrected chi connectivity index (χ1v) is 6.59. The molecule has 1 amide bonds. The lowest BCUT2D eigenvalue weighted by atomic mass is 9.88. The fraction of sp³-hybridized carbons (Fsp3) is 0.188. The van der Waals surface area contributed by atoms with Crippen molar-refractivity contribution < 1.29 is 4.79 Å². The van der Waals surface area contributed by atoms with Crippen LogP contribution in [0.15, 0.2) is 54.6 Å². The van der Waals surface area contributed by atoms with Gasteiger partial charge in [0.05, 0.1) is 0 Å². The van der Waals surface area contributed by atoms with E-state index in [9.17, 15) is 4.79 Å². The Kier molecular flexibility index (Phi) is 4.58. The molecule has 1 N–H and O–H groups in total. The second-order valence-corrected chi connectivity index (χ2v) is 4.83. The van der Waals surface area contributed by atoms with E-state index in [0.29, 0.717) is 11.4 Å². The van der Waals surface area contributed by atoms with Gasteiger partial charge in [-0.15, -0.1) is 0 Å². The van der Waals surface area contributed by atoms with E-state index in [1.807, 2.05) is 54.6 Å². The van der Waals surface area contributed by atoms with Crippen molar-refractivity contribution in [1.29, 1.82) is 0 Å². The molecular weight excluding hydrogens is 258 g/mol. The number of rotatable bonds is 4. The van der Waals surface area contributed by atoms with Crippen molar-refractivity contribution in [2.75, 3.05) is 7.05 Å². The van der Waals surface area contributed by atoms with E-state index >= 15 is 0 Å². The molecule has 0 fully saturated rings. The molecule has 0 radical (unpaired) electrons.